The molecule has 0 spiro atoms. The number of hydrogen-bond acceptors (Lipinski definition) is 2. The van der Waals surface area contributed by atoms with Gasteiger partial charge in [-0.15, -0.1) is 0 Å². The molecule has 0 radical (unpaired) electrons. The first-order chi connectivity index (χ1) is 8.47. The Morgan fingerprint density at radius 1 is 1.06 bits per heavy atom. The SMILES string of the molecule is Cc1cccc(NS(=O)(=O)c2ccc(Cl)cc2)c1. The van der Waals surface area contributed by atoms with Crippen molar-refractivity contribution in [3.05, 3.63) is 59.1 Å². The first-order valence-corrected chi connectivity index (χ1v) is 7.18. The summed E-state index contributed by atoms with van der Waals surface area (Å²) in [5.74, 6) is 0. The molecule has 2 aromatic rings. The summed E-state index contributed by atoms with van der Waals surface area (Å²) in [5.41, 5.74) is 1.54. The van der Waals surface area contributed by atoms with Crippen LogP contribution in [0.5, 0.6) is 0 Å². The van der Waals surface area contributed by atoms with E-state index in [9.17, 15) is 8.42 Å². The van der Waals surface area contributed by atoms with E-state index in [0.29, 0.717) is 10.7 Å². The van der Waals surface area contributed by atoms with Crippen LogP contribution in [0.2, 0.25) is 5.02 Å². The molecule has 2 aromatic carbocycles. The van der Waals surface area contributed by atoms with Gasteiger partial charge in [0.15, 0.2) is 0 Å². The third kappa shape index (κ3) is 3.03. The van der Waals surface area contributed by atoms with Gasteiger partial charge in [-0.25, -0.2) is 8.42 Å². The monoisotopic (exact) mass is 281 g/mol. The molecule has 0 aromatic heterocycles. The Kier molecular flexibility index (Phi) is 3.59. The highest BCUT2D eigenvalue weighted by molar-refractivity contribution is 7.92. The van der Waals surface area contributed by atoms with Gasteiger partial charge in [0.25, 0.3) is 10.0 Å². The summed E-state index contributed by atoms with van der Waals surface area (Å²) >= 11 is 5.73. The van der Waals surface area contributed by atoms with Gasteiger partial charge in [-0.2, -0.15) is 0 Å². The van der Waals surface area contributed by atoms with E-state index in [0.717, 1.165) is 5.56 Å². The number of halogens is 1. The van der Waals surface area contributed by atoms with E-state index >= 15 is 0 Å². The van der Waals surface area contributed by atoms with E-state index in [1.54, 1.807) is 30.3 Å². The Morgan fingerprint density at radius 3 is 2.33 bits per heavy atom. The van der Waals surface area contributed by atoms with Gasteiger partial charge in [0.1, 0.15) is 0 Å². The van der Waals surface area contributed by atoms with E-state index < -0.39 is 10.0 Å². The first-order valence-electron chi connectivity index (χ1n) is 5.32. The second kappa shape index (κ2) is 5.00. The Labute approximate surface area is 111 Å². The fourth-order valence-electron chi connectivity index (χ4n) is 1.54. The molecule has 3 nitrogen and oxygen atoms in total. The lowest BCUT2D eigenvalue weighted by Gasteiger charge is -2.08. The summed E-state index contributed by atoms with van der Waals surface area (Å²) in [6.45, 7) is 1.90. The van der Waals surface area contributed by atoms with Gasteiger partial charge in [0.05, 0.1) is 4.90 Å². The zero-order valence-electron chi connectivity index (χ0n) is 9.72. The molecule has 0 fully saturated rings. The molecule has 0 aliphatic heterocycles. The van der Waals surface area contributed by atoms with E-state index in [4.69, 9.17) is 11.6 Å². The van der Waals surface area contributed by atoms with Crippen molar-refractivity contribution in [3.8, 4) is 0 Å². The van der Waals surface area contributed by atoms with Gasteiger partial charge in [0, 0.05) is 10.7 Å². The van der Waals surface area contributed by atoms with E-state index in [1.165, 1.54) is 12.1 Å². The van der Waals surface area contributed by atoms with Crippen molar-refractivity contribution in [3.63, 3.8) is 0 Å². The normalized spacial score (nSPS) is 11.2. The highest BCUT2D eigenvalue weighted by Crippen LogP contribution is 2.18. The van der Waals surface area contributed by atoms with Crippen molar-refractivity contribution >= 4 is 27.3 Å². The summed E-state index contributed by atoms with van der Waals surface area (Å²) in [4.78, 5) is 0.188. The molecule has 1 N–H and O–H groups in total. The summed E-state index contributed by atoms with van der Waals surface area (Å²) in [7, 11) is -3.56. The minimum absolute atomic E-state index is 0.188. The molecule has 0 unspecified atom stereocenters. The van der Waals surface area contributed by atoms with Crippen molar-refractivity contribution in [2.24, 2.45) is 0 Å². The van der Waals surface area contributed by atoms with Crippen molar-refractivity contribution in [1.29, 1.82) is 0 Å². The third-order valence-electron chi connectivity index (χ3n) is 2.39. The number of rotatable bonds is 3. The van der Waals surface area contributed by atoms with E-state index in [2.05, 4.69) is 4.72 Å². The number of nitrogens with one attached hydrogen (secondary N) is 1. The van der Waals surface area contributed by atoms with Crippen molar-refractivity contribution in [1.82, 2.24) is 0 Å². The molecular weight excluding hydrogens is 270 g/mol. The molecule has 0 heterocycles. The van der Waals surface area contributed by atoms with Crippen molar-refractivity contribution in [2.45, 2.75) is 11.8 Å². The summed E-state index contributed by atoms with van der Waals surface area (Å²) in [6.07, 6.45) is 0. The topological polar surface area (TPSA) is 46.2 Å². The fraction of sp³-hybridized carbons (Fsp3) is 0.0769. The number of hydrogen-bond donors (Lipinski definition) is 1. The molecule has 0 saturated carbocycles. The lowest BCUT2D eigenvalue weighted by Crippen LogP contribution is -2.12. The second-order valence-electron chi connectivity index (χ2n) is 3.93. The number of anilines is 1. The molecule has 0 aliphatic rings. The average molecular weight is 282 g/mol. The quantitative estimate of drug-likeness (QED) is 0.937. The second-order valence-corrected chi connectivity index (χ2v) is 6.05. The maximum absolute atomic E-state index is 12.1. The number of aryl methyl sites for hydroxylation is 1. The van der Waals surface area contributed by atoms with Gasteiger partial charge in [-0.05, 0) is 48.9 Å². The van der Waals surface area contributed by atoms with Gasteiger partial charge in [-0.1, -0.05) is 23.7 Å². The van der Waals surface area contributed by atoms with Gasteiger partial charge < -0.3 is 0 Å². The Morgan fingerprint density at radius 2 is 1.72 bits per heavy atom. The summed E-state index contributed by atoms with van der Waals surface area (Å²) < 4.78 is 26.7. The Bertz CT molecular complexity index is 651. The zero-order chi connectivity index (χ0) is 13.2. The minimum atomic E-state index is -3.56. The average Bonchev–Trinajstić information content (AvgIpc) is 2.29. The predicted octanol–water partition coefficient (Wildman–Crippen LogP) is 3.45. The first kappa shape index (κ1) is 12.9. The molecule has 0 atom stereocenters. The molecule has 0 amide bonds. The molecule has 18 heavy (non-hydrogen) atoms. The zero-order valence-corrected chi connectivity index (χ0v) is 11.3. The third-order valence-corrected chi connectivity index (χ3v) is 4.04. The van der Waals surface area contributed by atoms with Crippen LogP contribution in [0.25, 0.3) is 0 Å². The highest BCUT2D eigenvalue weighted by Gasteiger charge is 2.13. The maximum atomic E-state index is 12.1. The molecule has 0 saturated heterocycles. The van der Waals surface area contributed by atoms with Crippen molar-refractivity contribution < 1.29 is 8.42 Å². The number of sulfonamides is 1. The molecule has 0 bridgehead atoms. The van der Waals surface area contributed by atoms with Gasteiger partial charge in [-0.3, -0.25) is 4.72 Å². The lowest BCUT2D eigenvalue weighted by atomic mass is 10.2. The van der Waals surface area contributed by atoms with Crippen LogP contribution >= 0.6 is 11.6 Å². The Hall–Kier alpha value is -1.52. The van der Waals surface area contributed by atoms with Crippen LogP contribution < -0.4 is 4.72 Å². The smallest absolute Gasteiger partial charge is 0.261 e. The minimum Gasteiger partial charge on any atom is -0.280 e. The van der Waals surface area contributed by atoms with Crippen LogP contribution in [0.3, 0.4) is 0 Å². The molecule has 94 valence electrons. The van der Waals surface area contributed by atoms with Crippen LogP contribution in [0.4, 0.5) is 5.69 Å². The molecule has 2 rings (SSSR count). The van der Waals surface area contributed by atoms with Crippen LogP contribution in [-0.2, 0) is 10.0 Å². The lowest BCUT2D eigenvalue weighted by molar-refractivity contribution is 0.601. The standard InChI is InChI=1S/C13H12ClNO2S/c1-10-3-2-4-12(9-10)15-18(16,17)13-7-5-11(14)6-8-13/h2-9,15H,1H3. The number of benzene rings is 2. The molecular formula is C13H12ClNO2S. The van der Waals surface area contributed by atoms with E-state index in [-0.39, 0.29) is 4.90 Å². The fourth-order valence-corrected chi connectivity index (χ4v) is 2.71. The maximum Gasteiger partial charge on any atom is 0.261 e. The van der Waals surface area contributed by atoms with E-state index in [1.807, 2.05) is 13.0 Å². The largest absolute Gasteiger partial charge is 0.280 e. The van der Waals surface area contributed by atoms with Gasteiger partial charge in [0.2, 0.25) is 0 Å². The summed E-state index contributed by atoms with van der Waals surface area (Å²) in [5, 5.41) is 0.504. The Balaban J connectivity index is 2.30. The van der Waals surface area contributed by atoms with Gasteiger partial charge >= 0.3 is 0 Å². The molecule has 0 aliphatic carbocycles. The highest BCUT2D eigenvalue weighted by atomic mass is 35.5. The van der Waals surface area contributed by atoms with Crippen molar-refractivity contribution in [2.75, 3.05) is 4.72 Å². The van der Waals surface area contributed by atoms with Crippen LogP contribution in [0, 0.1) is 6.92 Å². The van der Waals surface area contributed by atoms with Crippen LogP contribution in [-0.4, -0.2) is 8.42 Å². The van der Waals surface area contributed by atoms with Crippen LogP contribution in [0.15, 0.2) is 53.4 Å². The molecule has 5 heteroatoms. The van der Waals surface area contributed by atoms with Crippen LogP contribution in [0.1, 0.15) is 5.56 Å². The summed E-state index contributed by atoms with van der Waals surface area (Å²) in [6, 6.07) is 13.2. The predicted molar refractivity (Wildman–Crippen MR) is 73.4 cm³/mol.